The lowest BCUT2D eigenvalue weighted by Gasteiger charge is -2.26. The summed E-state index contributed by atoms with van der Waals surface area (Å²) in [5.74, 6) is 0.344. The van der Waals surface area contributed by atoms with Crippen molar-refractivity contribution < 1.29 is 0 Å². The quantitative estimate of drug-likeness (QED) is 0.253. The third-order valence-corrected chi connectivity index (χ3v) is 7.96. The van der Waals surface area contributed by atoms with Crippen LogP contribution in [0.15, 0.2) is 103 Å². The zero-order valence-electron chi connectivity index (χ0n) is 21.5. The molecule has 0 spiro atoms. The van der Waals surface area contributed by atoms with Crippen molar-refractivity contribution in [3.63, 3.8) is 0 Å². The van der Waals surface area contributed by atoms with Gasteiger partial charge in [-0.25, -0.2) is 0 Å². The Kier molecular flexibility index (Phi) is 5.61. The van der Waals surface area contributed by atoms with Crippen molar-refractivity contribution in [3.8, 4) is 11.1 Å². The van der Waals surface area contributed by atoms with Crippen LogP contribution >= 0.6 is 0 Å². The van der Waals surface area contributed by atoms with Gasteiger partial charge < -0.3 is 0 Å². The van der Waals surface area contributed by atoms with Crippen molar-refractivity contribution >= 4 is 22.2 Å². The monoisotopic (exact) mass is 478 g/mol. The molecule has 180 valence electrons. The normalized spacial score (nSPS) is 14.2. The van der Waals surface area contributed by atoms with E-state index >= 15 is 0 Å². The minimum Gasteiger partial charge on any atom is -0.298 e. The molecule has 0 amide bonds. The highest BCUT2D eigenvalue weighted by atomic mass is 14.6. The zero-order chi connectivity index (χ0) is 25.7. The molecule has 1 aliphatic carbocycles. The van der Waals surface area contributed by atoms with E-state index in [2.05, 4.69) is 112 Å². The third-order valence-electron chi connectivity index (χ3n) is 7.96. The van der Waals surface area contributed by atoms with E-state index in [-0.39, 0.29) is 11.8 Å². The second-order valence-electron chi connectivity index (χ2n) is 10.2. The molecular weight excluding hydrogens is 448 g/mol. The maximum Gasteiger partial charge on any atom is 0.0880 e. The molecule has 2 heteroatoms. The molecular formula is C35H30N2. The molecule has 0 radical (unpaired) electrons. The summed E-state index contributed by atoms with van der Waals surface area (Å²) in [7, 11) is 0. The van der Waals surface area contributed by atoms with E-state index in [4.69, 9.17) is 10.8 Å². The standard InChI is InChI=1S/C35H30N2/c1-21-19-29(22(2)24-11-6-4-7-12-24)32(30(20-21)23(3)25-13-8-5-9-14-25)27-18-17-26-15-10-16-28-31(26)33(27)35(37)34(28)36/h4-20,22-23,36-37H,1-3H3/t22-,23-/m1/s1. The Morgan fingerprint density at radius 1 is 0.541 bits per heavy atom. The summed E-state index contributed by atoms with van der Waals surface area (Å²) in [5.41, 5.74) is 11.0. The molecule has 2 nitrogen and oxygen atoms in total. The number of aryl methyl sites for hydroxylation is 1. The van der Waals surface area contributed by atoms with Gasteiger partial charge in [-0.2, -0.15) is 0 Å². The minimum atomic E-state index is 0.172. The Morgan fingerprint density at radius 2 is 1.11 bits per heavy atom. The first-order valence-corrected chi connectivity index (χ1v) is 12.9. The zero-order valence-corrected chi connectivity index (χ0v) is 21.5. The molecule has 1 aliphatic rings. The van der Waals surface area contributed by atoms with Crippen LogP contribution in [0.2, 0.25) is 0 Å². The molecule has 2 N–H and O–H groups in total. The molecule has 6 rings (SSSR count). The Hall–Kier alpha value is -4.30. The average molecular weight is 479 g/mol. The Morgan fingerprint density at radius 3 is 1.68 bits per heavy atom. The summed E-state index contributed by atoms with van der Waals surface area (Å²) in [5, 5.41) is 19.9. The number of hydrogen-bond donors (Lipinski definition) is 2. The fourth-order valence-corrected chi connectivity index (χ4v) is 5.99. The van der Waals surface area contributed by atoms with E-state index < -0.39 is 0 Å². The molecule has 0 unspecified atom stereocenters. The fourth-order valence-electron chi connectivity index (χ4n) is 5.99. The van der Waals surface area contributed by atoms with Crippen LogP contribution in [-0.2, 0) is 0 Å². The second kappa shape index (κ2) is 8.97. The lowest BCUT2D eigenvalue weighted by Crippen LogP contribution is -2.11. The number of hydrogen-bond acceptors (Lipinski definition) is 2. The van der Waals surface area contributed by atoms with Crippen LogP contribution in [0.1, 0.15) is 64.6 Å². The Balaban J connectivity index is 1.70. The van der Waals surface area contributed by atoms with Gasteiger partial charge in [0.2, 0.25) is 0 Å². The Bertz CT molecular complexity index is 1610. The van der Waals surface area contributed by atoms with Gasteiger partial charge in [0.05, 0.1) is 11.4 Å². The molecule has 0 bridgehead atoms. The molecule has 5 aromatic carbocycles. The molecule has 0 aliphatic heterocycles. The van der Waals surface area contributed by atoms with Crippen molar-refractivity contribution in [1.82, 2.24) is 0 Å². The average Bonchev–Trinajstić information content (AvgIpc) is 3.20. The first-order valence-electron chi connectivity index (χ1n) is 12.9. The van der Waals surface area contributed by atoms with Crippen LogP contribution in [-0.4, -0.2) is 11.4 Å². The summed E-state index contributed by atoms with van der Waals surface area (Å²) in [4.78, 5) is 0. The molecule has 0 saturated carbocycles. The van der Waals surface area contributed by atoms with Crippen LogP contribution in [0.25, 0.3) is 21.9 Å². The third kappa shape index (κ3) is 3.72. The van der Waals surface area contributed by atoms with Gasteiger partial charge >= 0.3 is 0 Å². The SMILES string of the molecule is Cc1cc([C@H](C)c2ccccc2)c(-c2ccc3cccc4c3c2C(=N)C4=N)c([C@H](C)c2ccccc2)c1. The van der Waals surface area contributed by atoms with E-state index in [0.717, 1.165) is 27.5 Å². The van der Waals surface area contributed by atoms with Gasteiger partial charge in [0.1, 0.15) is 0 Å². The summed E-state index contributed by atoms with van der Waals surface area (Å²) in [6, 6.07) is 36.4. The van der Waals surface area contributed by atoms with Gasteiger partial charge in [0.25, 0.3) is 0 Å². The Labute approximate surface area is 218 Å². The van der Waals surface area contributed by atoms with Crippen LogP contribution in [0, 0.1) is 17.7 Å². The second-order valence-corrected chi connectivity index (χ2v) is 10.2. The molecule has 0 saturated heterocycles. The smallest absolute Gasteiger partial charge is 0.0880 e. The largest absolute Gasteiger partial charge is 0.298 e. The van der Waals surface area contributed by atoms with Gasteiger partial charge in [0, 0.05) is 28.3 Å². The van der Waals surface area contributed by atoms with Crippen molar-refractivity contribution in [2.24, 2.45) is 0 Å². The van der Waals surface area contributed by atoms with E-state index in [0.29, 0.717) is 11.4 Å². The van der Waals surface area contributed by atoms with Gasteiger partial charge in [-0.3, -0.25) is 10.8 Å². The van der Waals surface area contributed by atoms with Crippen LogP contribution < -0.4 is 0 Å². The van der Waals surface area contributed by atoms with Crippen LogP contribution in [0.5, 0.6) is 0 Å². The highest BCUT2D eigenvalue weighted by Gasteiger charge is 2.31. The number of nitrogens with one attached hydrogen (secondary N) is 2. The summed E-state index contributed by atoms with van der Waals surface area (Å²) in [6.45, 7) is 6.74. The maximum absolute atomic E-state index is 9.02. The van der Waals surface area contributed by atoms with Crippen molar-refractivity contribution in [2.45, 2.75) is 32.6 Å². The highest BCUT2D eigenvalue weighted by molar-refractivity contribution is 6.60. The highest BCUT2D eigenvalue weighted by Crippen LogP contribution is 2.45. The van der Waals surface area contributed by atoms with Crippen LogP contribution in [0.4, 0.5) is 0 Å². The summed E-state index contributed by atoms with van der Waals surface area (Å²) < 4.78 is 0. The van der Waals surface area contributed by atoms with Gasteiger partial charge in [-0.1, -0.05) is 123 Å². The lowest BCUT2D eigenvalue weighted by atomic mass is 9.77. The predicted octanol–water partition coefficient (Wildman–Crippen LogP) is 8.87. The first-order chi connectivity index (χ1) is 18.0. The molecule has 37 heavy (non-hydrogen) atoms. The minimum absolute atomic E-state index is 0.172. The molecule has 0 heterocycles. The molecule has 0 fully saturated rings. The van der Waals surface area contributed by atoms with Gasteiger partial charge in [-0.05, 0) is 45.7 Å². The topological polar surface area (TPSA) is 47.7 Å². The van der Waals surface area contributed by atoms with E-state index in [9.17, 15) is 0 Å². The fraction of sp³-hybridized carbons (Fsp3) is 0.143. The molecule has 0 aromatic heterocycles. The summed E-state index contributed by atoms with van der Waals surface area (Å²) in [6.07, 6.45) is 0. The number of benzene rings is 5. The predicted molar refractivity (Wildman–Crippen MR) is 156 cm³/mol. The summed E-state index contributed by atoms with van der Waals surface area (Å²) >= 11 is 0. The van der Waals surface area contributed by atoms with E-state index in [1.54, 1.807) is 0 Å². The number of rotatable bonds is 5. The van der Waals surface area contributed by atoms with Crippen molar-refractivity contribution in [1.29, 1.82) is 10.8 Å². The maximum atomic E-state index is 9.02. The van der Waals surface area contributed by atoms with Crippen molar-refractivity contribution in [3.05, 3.63) is 142 Å². The van der Waals surface area contributed by atoms with E-state index in [1.807, 2.05) is 12.1 Å². The van der Waals surface area contributed by atoms with Crippen LogP contribution in [0.3, 0.4) is 0 Å². The van der Waals surface area contributed by atoms with Gasteiger partial charge in [0.15, 0.2) is 0 Å². The first kappa shape index (κ1) is 23.1. The van der Waals surface area contributed by atoms with Gasteiger partial charge in [-0.15, -0.1) is 0 Å². The van der Waals surface area contributed by atoms with Crippen molar-refractivity contribution in [2.75, 3.05) is 0 Å². The van der Waals surface area contributed by atoms with E-state index in [1.165, 1.54) is 33.4 Å². The molecule has 2 atom stereocenters. The lowest BCUT2D eigenvalue weighted by molar-refractivity contribution is 0.887. The molecule has 5 aromatic rings.